The number of amides is 1. The van der Waals surface area contributed by atoms with Crippen LogP contribution in [0.3, 0.4) is 0 Å². The first-order chi connectivity index (χ1) is 11.4. The van der Waals surface area contributed by atoms with Crippen LogP contribution in [0.5, 0.6) is 0 Å². The van der Waals surface area contributed by atoms with Crippen LogP contribution in [-0.4, -0.2) is 48.8 Å². The van der Waals surface area contributed by atoms with Gasteiger partial charge in [0.25, 0.3) is 0 Å². The van der Waals surface area contributed by atoms with E-state index in [1.807, 2.05) is 4.90 Å². The summed E-state index contributed by atoms with van der Waals surface area (Å²) in [5.74, 6) is 2.74. The molecule has 0 N–H and O–H groups in total. The molecule has 1 amide bonds. The van der Waals surface area contributed by atoms with Crippen LogP contribution in [0.1, 0.15) is 5.56 Å². The number of piperazine rings is 1. The van der Waals surface area contributed by atoms with E-state index in [9.17, 15) is 18.0 Å². The number of hydrogen-bond donors (Lipinski definition) is 0. The Kier molecular flexibility index (Phi) is 5.68. The van der Waals surface area contributed by atoms with Gasteiger partial charge in [0.05, 0.1) is 5.56 Å². The van der Waals surface area contributed by atoms with Crippen LogP contribution in [0.4, 0.5) is 23.8 Å². The van der Waals surface area contributed by atoms with E-state index >= 15 is 0 Å². The largest absolute Gasteiger partial charge is 0.445 e. The molecule has 1 aliphatic rings. The molecule has 0 radical (unpaired) electrons. The first-order valence-electron chi connectivity index (χ1n) is 7.23. The normalized spacial score (nSPS) is 15.4. The number of anilines is 1. The standard InChI is InChI=1S/C16H16F3N3O2/c1-2-3-4-11-24-15(23)22-9-7-21(8-10-22)14-6-5-13(12-20-14)16(17,18)19/h1,3-6,12H,7-11H2. The average molecular weight is 339 g/mol. The summed E-state index contributed by atoms with van der Waals surface area (Å²) in [5, 5.41) is 0. The van der Waals surface area contributed by atoms with Crippen LogP contribution in [0.15, 0.2) is 30.5 Å². The minimum atomic E-state index is -4.40. The third-order valence-electron chi connectivity index (χ3n) is 3.45. The zero-order chi connectivity index (χ0) is 17.6. The Balaban J connectivity index is 1.85. The molecule has 8 heteroatoms. The van der Waals surface area contributed by atoms with Gasteiger partial charge in [-0.2, -0.15) is 13.2 Å². The van der Waals surface area contributed by atoms with E-state index in [2.05, 4.69) is 10.9 Å². The van der Waals surface area contributed by atoms with Gasteiger partial charge in [-0.05, 0) is 24.3 Å². The monoisotopic (exact) mass is 339 g/mol. The number of rotatable bonds is 3. The van der Waals surface area contributed by atoms with Crippen molar-refractivity contribution in [1.82, 2.24) is 9.88 Å². The molecule has 1 fully saturated rings. The Hall–Kier alpha value is -2.69. The number of ether oxygens (including phenoxy) is 1. The molecule has 2 rings (SSSR count). The molecule has 0 aromatic carbocycles. The second kappa shape index (κ2) is 7.73. The minimum Gasteiger partial charge on any atom is -0.445 e. The molecular formula is C16H16F3N3O2. The number of pyridine rings is 1. The van der Waals surface area contributed by atoms with Crippen molar-refractivity contribution >= 4 is 11.9 Å². The molecule has 1 aromatic rings. The number of carbonyl (C=O) groups is 1. The number of halogens is 3. The van der Waals surface area contributed by atoms with Crippen LogP contribution >= 0.6 is 0 Å². The summed E-state index contributed by atoms with van der Waals surface area (Å²) < 4.78 is 42.6. The summed E-state index contributed by atoms with van der Waals surface area (Å²) >= 11 is 0. The zero-order valence-corrected chi connectivity index (χ0v) is 12.8. The van der Waals surface area contributed by atoms with Crippen LogP contribution in [0.25, 0.3) is 0 Å². The number of aromatic nitrogens is 1. The van der Waals surface area contributed by atoms with Gasteiger partial charge in [-0.3, -0.25) is 0 Å². The van der Waals surface area contributed by atoms with Crippen molar-refractivity contribution in [2.24, 2.45) is 0 Å². The minimum absolute atomic E-state index is 0.101. The molecule has 0 unspecified atom stereocenters. The van der Waals surface area contributed by atoms with Crippen molar-refractivity contribution in [2.45, 2.75) is 6.18 Å². The van der Waals surface area contributed by atoms with Crippen molar-refractivity contribution in [3.8, 4) is 12.3 Å². The van der Waals surface area contributed by atoms with Gasteiger partial charge in [0.15, 0.2) is 0 Å². The molecule has 0 bridgehead atoms. The van der Waals surface area contributed by atoms with Crippen molar-refractivity contribution < 1.29 is 22.7 Å². The predicted octanol–water partition coefficient (Wildman–Crippen LogP) is 2.55. The van der Waals surface area contributed by atoms with Crippen molar-refractivity contribution in [3.63, 3.8) is 0 Å². The first kappa shape index (κ1) is 17.7. The Morgan fingerprint density at radius 3 is 2.58 bits per heavy atom. The SMILES string of the molecule is C#CC=CCOC(=O)N1CCN(c2ccc(C(F)(F)F)cn2)CC1. The number of carbonyl (C=O) groups excluding carboxylic acids is 1. The van der Waals surface area contributed by atoms with E-state index in [4.69, 9.17) is 11.2 Å². The van der Waals surface area contributed by atoms with Crippen LogP contribution in [-0.2, 0) is 10.9 Å². The summed E-state index contributed by atoms with van der Waals surface area (Å²) in [6, 6.07) is 2.34. The molecule has 0 saturated carbocycles. The summed E-state index contributed by atoms with van der Waals surface area (Å²) in [6.07, 6.45) is 4.00. The molecule has 1 aliphatic heterocycles. The lowest BCUT2D eigenvalue weighted by Gasteiger charge is -2.34. The fraction of sp³-hybridized carbons (Fsp3) is 0.375. The summed E-state index contributed by atoms with van der Waals surface area (Å²) in [4.78, 5) is 19.0. The highest BCUT2D eigenvalue weighted by Crippen LogP contribution is 2.29. The molecule has 128 valence electrons. The number of terminal acetylenes is 1. The van der Waals surface area contributed by atoms with Crippen molar-refractivity contribution in [2.75, 3.05) is 37.7 Å². The molecule has 1 saturated heterocycles. The molecule has 0 spiro atoms. The van der Waals surface area contributed by atoms with Crippen LogP contribution in [0.2, 0.25) is 0 Å². The highest BCUT2D eigenvalue weighted by Gasteiger charge is 2.31. The van der Waals surface area contributed by atoms with E-state index in [0.29, 0.717) is 32.0 Å². The van der Waals surface area contributed by atoms with E-state index in [0.717, 1.165) is 12.3 Å². The lowest BCUT2D eigenvalue weighted by Crippen LogP contribution is -2.49. The van der Waals surface area contributed by atoms with Crippen LogP contribution in [0, 0.1) is 12.3 Å². The number of alkyl halides is 3. The number of nitrogens with zero attached hydrogens (tertiary/aromatic N) is 3. The van der Waals surface area contributed by atoms with Crippen LogP contribution < -0.4 is 4.90 Å². The van der Waals surface area contributed by atoms with E-state index in [-0.39, 0.29) is 6.61 Å². The van der Waals surface area contributed by atoms with Gasteiger partial charge < -0.3 is 14.5 Å². The second-order valence-electron chi connectivity index (χ2n) is 5.02. The molecule has 5 nitrogen and oxygen atoms in total. The summed E-state index contributed by atoms with van der Waals surface area (Å²) in [7, 11) is 0. The van der Waals surface area contributed by atoms with Gasteiger partial charge in [0, 0.05) is 32.4 Å². The average Bonchev–Trinajstić information content (AvgIpc) is 2.58. The third-order valence-corrected chi connectivity index (χ3v) is 3.45. The molecule has 0 atom stereocenters. The molecular weight excluding hydrogens is 323 g/mol. The second-order valence-corrected chi connectivity index (χ2v) is 5.02. The quantitative estimate of drug-likeness (QED) is 0.794. The Labute approximate surface area is 137 Å². The predicted molar refractivity (Wildman–Crippen MR) is 82.3 cm³/mol. The molecule has 2 heterocycles. The Bertz CT molecular complexity index is 627. The van der Waals surface area contributed by atoms with E-state index < -0.39 is 17.8 Å². The van der Waals surface area contributed by atoms with E-state index in [1.54, 1.807) is 6.08 Å². The zero-order valence-electron chi connectivity index (χ0n) is 12.8. The van der Waals surface area contributed by atoms with Gasteiger partial charge in [0.2, 0.25) is 0 Å². The topological polar surface area (TPSA) is 45.7 Å². The van der Waals surface area contributed by atoms with Gasteiger partial charge >= 0.3 is 12.3 Å². The van der Waals surface area contributed by atoms with Gasteiger partial charge in [-0.15, -0.1) is 6.42 Å². The summed E-state index contributed by atoms with van der Waals surface area (Å²) in [6.45, 7) is 1.84. The fourth-order valence-electron chi connectivity index (χ4n) is 2.19. The highest BCUT2D eigenvalue weighted by atomic mass is 19.4. The molecule has 1 aromatic heterocycles. The van der Waals surface area contributed by atoms with Gasteiger partial charge in [-0.25, -0.2) is 9.78 Å². The third kappa shape index (κ3) is 4.65. The van der Waals surface area contributed by atoms with E-state index in [1.165, 1.54) is 17.0 Å². The number of allylic oxidation sites excluding steroid dienone is 1. The number of hydrogen-bond acceptors (Lipinski definition) is 4. The van der Waals surface area contributed by atoms with Gasteiger partial charge in [0.1, 0.15) is 12.4 Å². The first-order valence-corrected chi connectivity index (χ1v) is 7.23. The summed E-state index contributed by atoms with van der Waals surface area (Å²) in [5.41, 5.74) is -0.784. The highest BCUT2D eigenvalue weighted by molar-refractivity contribution is 5.68. The molecule has 24 heavy (non-hydrogen) atoms. The lowest BCUT2D eigenvalue weighted by atomic mass is 10.2. The molecule has 0 aliphatic carbocycles. The Morgan fingerprint density at radius 2 is 2.04 bits per heavy atom. The maximum atomic E-state index is 12.5. The van der Waals surface area contributed by atoms with Gasteiger partial charge in [-0.1, -0.05) is 5.92 Å². The smallest absolute Gasteiger partial charge is 0.417 e. The fourth-order valence-corrected chi connectivity index (χ4v) is 2.19. The van der Waals surface area contributed by atoms with Crippen molar-refractivity contribution in [1.29, 1.82) is 0 Å². The Morgan fingerprint density at radius 1 is 1.33 bits per heavy atom. The lowest BCUT2D eigenvalue weighted by molar-refractivity contribution is -0.137. The maximum Gasteiger partial charge on any atom is 0.417 e. The maximum absolute atomic E-state index is 12.5. The van der Waals surface area contributed by atoms with Crippen molar-refractivity contribution in [3.05, 3.63) is 36.0 Å².